The molecule has 1 aromatic heterocycles. The third kappa shape index (κ3) is 4.97. The molecule has 2 aromatic rings. The van der Waals surface area contributed by atoms with Crippen LogP contribution in [-0.2, 0) is 17.9 Å². The Hall–Kier alpha value is -2.09. The summed E-state index contributed by atoms with van der Waals surface area (Å²) < 4.78 is 6.97. The Balaban J connectivity index is 1.59. The Kier molecular flexibility index (Phi) is 6.13. The predicted octanol–water partition coefficient (Wildman–Crippen LogP) is 2.62. The number of hydrogen-bond donors (Lipinski definition) is 0. The van der Waals surface area contributed by atoms with Crippen LogP contribution in [0.15, 0.2) is 29.4 Å². The Morgan fingerprint density at radius 2 is 2.08 bits per heavy atom. The Bertz CT molecular complexity index is 727. The predicted molar refractivity (Wildman–Crippen MR) is 99.9 cm³/mol. The highest BCUT2D eigenvalue weighted by molar-refractivity contribution is 7.99. The van der Waals surface area contributed by atoms with E-state index in [1.165, 1.54) is 11.8 Å². The Morgan fingerprint density at radius 1 is 1.35 bits per heavy atom. The molecule has 0 N–H and O–H groups in total. The molecule has 1 aliphatic rings. The summed E-state index contributed by atoms with van der Waals surface area (Å²) in [6, 6.07) is 8.24. The number of carbonyl (C=O) groups is 1. The Morgan fingerprint density at radius 3 is 2.69 bits per heavy atom. The van der Waals surface area contributed by atoms with Gasteiger partial charge in [0.25, 0.3) is 0 Å². The molecule has 1 aliphatic carbocycles. The lowest BCUT2D eigenvalue weighted by molar-refractivity contribution is -0.129. The molecule has 1 saturated carbocycles. The van der Waals surface area contributed by atoms with Crippen molar-refractivity contribution in [3.05, 3.63) is 29.8 Å². The van der Waals surface area contributed by atoms with Gasteiger partial charge in [-0.05, 0) is 46.9 Å². The summed E-state index contributed by atoms with van der Waals surface area (Å²) in [6.45, 7) is 5.61. The van der Waals surface area contributed by atoms with Crippen LogP contribution < -0.4 is 4.74 Å². The van der Waals surface area contributed by atoms with Crippen LogP contribution in [0.5, 0.6) is 5.75 Å². The minimum absolute atomic E-state index is 0.132. The SMILES string of the molecule is COc1ccc(CN(C(=O)CSc2nnnn2CC(C)C)C2CC2)cc1. The number of aromatic nitrogens is 4. The van der Waals surface area contributed by atoms with Crippen molar-refractivity contribution in [2.75, 3.05) is 12.9 Å². The molecule has 0 bridgehead atoms. The summed E-state index contributed by atoms with van der Waals surface area (Å²) in [5.74, 6) is 1.76. The van der Waals surface area contributed by atoms with Crippen LogP contribution in [0.1, 0.15) is 32.3 Å². The average Bonchev–Trinajstić information content (AvgIpc) is 3.38. The maximum Gasteiger partial charge on any atom is 0.233 e. The molecule has 1 amide bonds. The van der Waals surface area contributed by atoms with E-state index in [4.69, 9.17) is 4.74 Å². The number of amides is 1. The number of carbonyl (C=O) groups excluding carboxylic acids is 1. The van der Waals surface area contributed by atoms with Crippen LogP contribution in [0.2, 0.25) is 0 Å². The monoisotopic (exact) mass is 375 g/mol. The minimum Gasteiger partial charge on any atom is -0.497 e. The zero-order valence-electron chi connectivity index (χ0n) is 15.5. The summed E-state index contributed by atoms with van der Waals surface area (Å²) in [6.07, 6.45) is 2.16. The molecule has 0 radical (unpaired) electrons. The molecular formula is C18H25N5O2S. The minimum atomic E-state index is 0.132. The molecule has 1 heterocycles. The first-order chi connectivity index (χ1) is 12.6. The largest absolute Gasteiger partial charge is 0.497 e. The molecule has 0 unspecified atom stereocenters. The molecule has 140 valence electrons. The van der Waals surface area contributed by atoms with Crippen LogP contribution in [0.3, 0.4) is 0 Å². The van der Waals surface area contributed by atoms with Gasteiger partial charge < -0.3 is 9.64 Å². The summed E-state index contributed by atoms with van der Waals surface area (Å²) in [7, 11) is 1.65. The van der Waals surface area contributed by atoms with Gasteiger partial charge in [-0.15, -0.1) is 5.10 Å². The number of benzene rings is 1. The standard InChI is InChI=1S/C18H25N5O2S/c1-13(2)10-23-18(19-20-21-23)26-12-17(24)22(15-6-7-15)11-14-4-8-16(25-3)9-5-14/h4-5,8-9,13,15H,6-7,10-12H2,1-3H3. The van der Waals surface area contributed by atoms with E-state index in [0.29, 0.717) is 29.4 Å². The van der Waals surface area contributed by atoms with Gasteiger partial charge in [0.1, 0.15) is 5.75 Å². The van der Waals surface area contributed by atoms with E-state index in [2.05, 4.69) is 29.4 Å². The van der Waals surface area contributed by atoms with Crippen molar-refractivity contribution in [2.45, 2.75) is 51.0 Å². The zero-order valence-corrected chi connectivity index (χ0v) is 16.3. The van der Waals surface area contributed by atoms with Crippen molar-refractivity contribution >= 4 is 17.7 Å². The van der Waals surface area contributed by atoms with Crippen molar-refractivity contribution in [3.63, 3.8) is 0 Å². The molecule has 0 saturated heterocycles. The van der Waals surface area contributed by atoms with Crippen molar-refractivity contribution in [3.8, 4) is 5.75 Å². The molecule has 3 rings (SSSR count). The normalized spacial score (nSPS) is 13.8. The second kappa shape index (κ2) is 8.53. The van der Waals surface area contributed by atoms with E-state index < -0.39 is 0 Å². The zero-order chi connectivity index (χ0) is 18.5. The first-order valence-corrected chi connectivity index (χ1v) is 9.86. The molecule has 0 spiro atoms. The van der Waals surface area contributed by atoms with Crippen LogP contribution in [0, 0.1) is 5.92 Å². The maximum atomic E-state index is 12.8. The third-order valence-corrected chi connectivity index (χ3v) is 5.12. The first-order valence-electron chi connectivity index (χ1n) is 8.88. The van der Waals surface area contributed by atoms with Crippen molar-refractivity contribution < 1.29 is 9.53 Å². The van der Waals surface area contributed by atoms with Gasteiger partial charge in [0.05, 0.1) is 12.9 Å². The number of ether oxygens (including phenoxy) is 1. The number of rotatable bonds is 9. The highest BCUT2D eigenvalue weighted by Gasteiger charge is 2.32. The van der Waals surface area contributed by atoms with E-state index in [-0.39, 0.29) is 5.91 Å². The molecule has 1 fully saturated rings. The number of methoxy groups -OCH3 is 1. The van der Waals surface area contributed by atoms with Crippen LogP contribution >= 0.6 is 11.8 Å². The molecule has 1 aromatic carbocycles. The quantitative estimate of drug-likeness (QED) is 0.627. The molecule has 7 nitrogen and oxygen atoms in total. The maximum absolute atomic E-state index is 12.8. The smallest absolute Gasteiger partial charge is 0.233 e. The van der Waals surface area contributed by atoms with Crippen molar-refractivity contribution in [2.24, 2.45) is 5.92 Å². The van der Waals surface area contributed by atoms with E-state index in [9.17, 15) is 4.79 Å². The number of nitrogens with zero attached hydrogens (tertiary/aromatic N) is 5. The van der Waals surface area contributed by atoms with E-state index in [1.807, 2.05) is 29.2 Å². The number of thioether (sulfide) groups is 1. The molecule has 0 atom stereocenters. The number of hydrogen-bond acceptors (Lipinski definition) is 6. The summed E-state index contributed by atoms with van der Waals surface area (Å²) in [5.41, 5.74) is 1.11. The number of tetrazole rings is 1. The fourth-order valence-corrected chi connectivity index (χ4v) is 3.48. The summed E-state index contributed by atoms with van der Waals surface area (Å²) >= 11 is 1.41. The van der Waals surface area contributed by atoms with Gasteiger partial charge >= 0.3 is 0 Å². The first kappa shape index (κ1) is 18.7. The van der Waals surface area contributed by atoms with Gasteiger partial charge in [0.2, 0.25) is 11.1 Å². The lowest BCUT2D eigenvalue weighted by Gasteiger charge is -2.22. The summed E-state index contributed by atoms with van der Waals surface area (Å²) in [5, 5.41) is 12.5. The molecular weight excluding hydrogens is 350 g/mol. The second-order valence-electron chi connectivity index (χ2n) is 6.93. The highest BCUT2D eigenvalue weighted by atomic mass is 32.2. The lowest BCUT2D eigenvalue weighted by atomic mass is 10.2. The topological polar surface area (TPSA) is 73.1 Å². The fourth-order valence-electron chi connectivity index (χ4n) is 2.70. The van der Waals surface area contributed by atoms with Crippen molar-refractivity contribution in [1.82, 2.24) is 25.1 Å². The van der Waals surface area contributed by atoms with Gasteiger partial charge in [-0.2, -0.15) is 0 Å². The van der Waals surface area contributed by atoms with Crippen LogP contribution in [0.4, 0.5) is 0 Å². The lowest BCUT2D eigenvalue weighted by Crippen LogP contribution is -2.34. The van der Waals surface area contributed by atoms with E-state index in [0.717, 1.165) is 30.7 Å². The van der Waals surface area contributed by atoms with Gasteiger partial charge in [0, 0.05) is 19.1 Å². The van der Waals surface area contributed by atoms with Gasteiger partial charge in [0.15, 0.2) is 0 Å². The van der Waals surface area contributed by atoms with Gasteiger partial charge in [-0.25, -0.2) is 4.68 Å². The van der Waals surface area contributed by atoms with Crippen molar-refractivity contribution in [1.29, 1.82) is 0 Å². The summed E-state index contributed by atoms with van der Waals surface area (Å²) in [4.78, 5) is 14.8. The molecule has 0 aliphatic heterocycles. The average molecular weight is 375 g/mol. The second-order valence-corrected chi connectivity index (χ2v) is 7.87. The fraction of sp³-hybridized carbons (Fsp3) is 0.556. The van der Waals surface area contributed by atoms with Gasteiger partial charge in [-0.1, -0.05) is 37.7 Å². The Labute approximate surface area is 158 Å². The molecule has 26 heavy (non-hydrogen) atoms. The van der Waals surface area contributed by atoms with Crippen LogP contribution in [-0.4, -0.2) is 49.9 Å². The van der Waals surface area contributed by atoms with E-state index >= 15 is 0 Å². The van der Waals surface area contributed by atoms with Gasteiger partial charge in [-0.3, -0.25) is 4.79 Å². The molecule has 8 heteroatoms. The highest BCUT2D eigenvalue weighted by Crippen LogP contribution is 2.30. The third-order valence-electron chi connectivity index (χ3n) is 4.18. The van der Waals surface area contributed by atoms with E-state index in [1.54, 1.807) is 11.8 Å². The van der Waals surface area contributed by atoms with Crippen LogP contribution in [0.25, 0.3) is 0 Å².